The molecule has 1 unspecified atom stereocenters. The van der Waals surface area contributed by atoms with Gasteiger partial charge in [-0.15, -0.1) is 0 Å². The summed E-state index contributed by atoms with van der Waals surface area (Å²) < 4.78 is 5.51. The SMILES string of the molecule is CCS[C@@H]1C(N=[N+]=[N-])[C@H](C)O[C@@H]1CO. The van der Waals surface area contributed by atoms with Gasteiger partial charge in [-0.2, -0.15) is 11.8 Å². The minimum absolute atomic E-state index is 0.0144. The lowest BCUT2D eigenvalue weighted by molar-refractivity contribution is 0.0193. The number of thioether (sulfide) groups is 1. The van der Waals surface area contributed by atoms with Crippen LogP contribution in [-0.4, -0.2) is 41.0 Å². The maximum Gasteiger partial charge on any atom is 0.0932 e. The zero-order valence-corrected chi connectivity index (χ0v) is 9.15. The van der Waals surface area contributed by atoms with Crippen molar-refractivity contribution in [2.45, 2.75) is 37.3 Å². The maximum atomic E-state index is 9.09. The summed E-state index contributed by atoms with van der Waals surface area (Å²) in [5.41, 5.74) is 8.42. The number of nitrogens with zero attached hydrogens (tertiary/aromatic N) is 3. The first kappa shape index (κ1) is 11.7. The Morgan fingerprint density at radius 1 is 1.64 bits per heavy atom. The fourth-order valence-corrected chi connectivity index (χ4v) is 2.91. The van der Waals surface area contributed by atoms with Gasteiger partial charge in [0.25, 0.3) is 0 Å². The summed E-state index contributed by atoms with van der Waals surface area (Å²) in [6, 6.07) is -0.165. The molecule has 4 atom stereocenters. The van der Waals surface area contributed by atoms with Crippen LogP contribution < -0.4 is 0 Å². The second-order valence-electron chi connectivity index (χ2n) is 3.18. The van der Waals surface area contributed by atoms with Crippen molar-refractivity contribution in [3.05, 3.63) is 10.4 Å². The Morgan fingerprint density at radius 2 is 2.36 bits per heavy atom. The molecule has 1 saturated heterocycles. The van der Waals surface area contributed by atoms with Gasteiger partial charge in [0.1, 0.15) is 0 Å². The smallest absolute Gasteiger partial charge is 0.0932 e. The van der Waals surface area contributed by atoms with Gasteiger partial charge in [-0.25, -0.2) is 0 Å². The van der Waals surface area contributed by atoms with E-state index in [1.165, 1.54) is 0 Å². The molecule has 0 saturated carbocycles. The van der Waals surface area contributed by atoms with Crippen LogP contribution in [0.2, 0.25) is 0 Å². The lowest BCUT2D eigenvalue weighted by Crippen LogP contribution is -2.29. The predicted octanol–water partition coefficient (Wildman–Crippen LogP) is 1.57. The maximum absolute atomic E-state index is 9.09. The molecular formula is C8H15N3O2S. The third kappa shape index (κ3) is 2.33. The van der Waals surface area contributed by atoms with Crippen molar-refractivity contribution in [1.82, 2.24) is 0 Å². The molecule has 0 aromatic carbocycles. The first-order chi connectivity index (χ1) is 6.74. The number of aliphatic hydroxyl groups excluding tert-OH is 1. The highest BCUT2D eigenvalue weighted by atomic mass is 32.2. The van der Waals surface area contributed by atoms with Crippen molar-refractivity contribution in [3.63, 3.8) is 0 Å². The van der Waals surface area contributed by atoms with Crippen molar-refractivity contribution in [3.8, 4) is 0 Å². The van der Waals surface area contributed by atoms with Crippen LogP contribution in [0.3, 0.4) is 0 Å². The first-order valence-corrected chi connectivity index (χ1v) is 5.71. The standard InChI is InChI=1S/C8H15N3O2S/c1-3-14-8-6(4-12)13-5(2)7(8)10-11-9/h5-8,12H,3-4H2,1-2H3/t5-,6+,7?,8-/m0/s1. The number of azide groups is 1. The lowest BCUT2D eigenvalue weighted by atomic mass is 10.1. The van der Waals surface area contributed by atoms with E-state index in [9.17, 15) is 0 Å². The minimum atomic E-state index is -0.203. The predicted molar refractivity (Wildman–Crippen MR) is 56.3 cm³/mol. The molecule has 0 spiro atoms. The Hall–Kier alpha value is -0.420. The number of rotatable bonds is 4. The molecule has 1 rings (SSSR count). The van der Waals surface area contributed by atoms with Gasteiger partial charge in [0.15, 0.2) is 0 Å². The highest BCUT2D eigenvalue weighted by molar-refractivity contribution is 8.00. The van der Waals surface area contributed by atoms with Gasteiger partial charge in [0.05, 0.1) is 24.9 Å². The van der Waals surface area contributed by atoms with Crippen LogP contribution in [0, 0.1) is 0 Å². The Bertz CT molecular complexity index is 233. The van der Waals surface area contributed by atoms with Gasteiger partial charge < -0.3 is 9.84 Å². The molecular weight excluding hydrogens is 202 g/mol. The van der Waals surface area contributed by atoms with E-state index in [-0.39, 0.29) is 30.1 Å². The van der Waals surface area contributed by atoms with Crippen molar-refractivity contribution >= 4 is 11.8 Å². The van der Waals surface area contributed by atoms with Crippen LogP contribution in [0.5, 0.6) is 0 Å². The summed E-state index contributed by atoms with van der Waals surface area (Å²) >= 11 is 1.67. The monoisotopic (exact) mass is 217 g/mol. The fraction of sp³-hybridized carbons (Fsp3) is 1.00. The van der Waals surface area contributed by atoms with Crippen molar-refractivity contribution in [2.75, 3.05) is 12.4 Å². The summed E-state index contributed by atoms with van der Waals surface area (Å²) in [5, 5.41) is 12.9. The summed E-state index contributed by atoms with van der Waals surface area (Å²) in [5.74, 6) is 0.925. The average molecular weight is 217 g/mol. The van der Waals surface area contributed by atoms with Crippen LogP contribution in [0.25, 0.3) is 10.4 Å². The second-order valence-corrected chi connectivity index (χ2v) is 4.63. The van der Waals surface area contributed by atoms with Crippen LogP contribution in [0.1, 0.15) is 13.8 Å². The summed E-state index contributed by atoms with van der Waals surface area (Å²) in [7, 11) is 0. The summed E-state index contributed by atoms with van der Waals surface area (Å²) in [6.07, 6.45) is -0.308. The molecule has 80 valence electrons. The lowest BCUT2D eigenvalue weighted by Gasteiger charge is -2.17. The van der Waals surface area contributed by atoms with E-state index in [2.05, 4.69) is 10.0 Å². The van der Waals surface area contributed by atoms with Gasteiger partial charge in [-0.3, -0.25) is 0 Å². The molecule has 5 nitrogen and oxygen atoms in total. The van der Waals surface area contributed by atoms with Crippen molar-refractivity contribution in [1.29, 1.82) is 0 Å². The van der Waals surface area contributed by atoms with Gasteiger partial charge in [-0.05, 0) is 18.2 Å². The minimum Gasteiger partial charge on any atom is -0.394 e. The number of hydrogen-bond donors (Lipinski definition) is 1. The fourth-order valence-electron chi connectivity index (χ4n) is 1.69. The molecule has 0 amide bonds. The molecule has 0 aromatic rings. The molecule has 1 N–H and O–H groups in total. The van der Waals surface area contributed by atoms with Crippen LogP contribution >= 0.6 is 11.8 Å². The Kier molecular flexibility index (Phi) is 4.54. The van der Waals surface area contributed by atoms with E-state index in [1.54, 1.807) is 11.8 Å². The topological polar surface area (TPSA) is 78.2 Å². The normalized spacial score (nSPS) is 36.8. The van der Waals surface area contributed by atoms with Crippen LogP contribution in [0.15, 0.2) is 5.11 Å². The third-order valence-electron chi connectivity index (χ3n) is 2.30. The quantitative estimate of drug-likeness (QED) is 0.441. The first-order valence-electron chi connectivity index (χ1n) is 4.66. The Labute approximate surface area is 87.5 Å². The van der Waals surface area contributed by atoms with Gasteiger partial charge >= 0.3 is 0 Å². The number of aliphatic hydroxyl groups is 1. The van der Waals surface area contributed by atoms with Crippen molar-refractivity contribution < 1.29 is 9.84 Å². The molecule has 1 fully saturated rings. The largest absolute Gasteiger partial charge is 0.394 e. The molecule has 0 aromatic heterocycles. The van der Waals surface area contributed by atoms with E-state index in [4.69, 9.17) is 15.4 Å². The molecule has 1 aliphatic heterocycles. The zero-order chi connectivity index (χ0) is 10.6. The summed E-state index contributed by atoms with van der Waals surface area (Å²) in [4.78, 5) is 2.82. The third-order valence-corrected chi connectivity index (χ3v) is 3.60. The molecule has 0 aliphatic carbocycles. The molecule has 1 heterocycles. The Morgan fingerprint density at radius 3 is 2.86 bits per heavy atom. The van der Waals surface area contributed by atoms with E-state index >= 15 is 0 Å². The van der Waals surface area contributed by atoms with Gasteiger partial charge in [0, 0.05) is 10.2 Å². The Balaban J connectivity index is 2.74. The van der Waals surface area contributed by atoms with Gasteiger partial charge in [-0.1, -0.05) is 12.0 Å². The molecule has 14 heavy (non-hydrogen) atoms. The molecule has 6 heteroatoms. The van der Waals surface area contributed by atoms with E-state index in [1.807, 2.05) is 13.8 Å². The molecule has 0 bridgehead atoms. The summed E-state index contributed by atoms with van der Waals surface area (Å²) in [6.45, 7) is 3.90. The highest BCUT2D eigenvalue weighted by Crippen LogP contribution is 2.32. The van der Waals surface area contributed by atoms with Crippen LogP contribution in [-0.2, 0) is 4.74 Å². The molecule has 0 radical (unpaired) electrons. The second kappa shape index (κ2) is 5.46. The number of ether oxygens (including phenoxy) is 1. The highest BCUT2D eigenvalue weighted by Gasteiger charge is 2.41. The van der Waals surface area contributed by atoms with E-state index in [0.717, 1.165) is 5.75 Å². The van der Waals surface area contributed by atoms with E-state index < -0.39 is 0 Å². The van der Waals surface area contributed by atoms with E-state index in [0.29, 0.717) is 0 Å². The van der Waals surface area contributed by atoms with Crippen LogP contribution in [0.4, 0.5) is 0 Å². The zero-order valence-electron chi connectivity index (χ0n) is 8.33. The molecule has 1 aliphatic rings. The number of hydrogen-bond acceptors (Lipinski definition) is 4. The van der Waals surface area contributed by atoms with Gasteiger partial charge in [0.2, 0.25) is 0 Å². The average Bonchev–Trinajstić information content (AvgIpc) is 2.47. The van der Waals surface area contributed by atoms with Crippen molar-refractivity contribution in [2.24, 2.45) is 5.11 Å².